The van der Waals surface area contributed by atoms with E-state index < -0.39 is 28.6 Å². The van der Waals surface area contributed by atoms with Gasteiger partial charge in [-0.05, 0) is 9.91 Å². The number of hydrogen-bond donors (Lipinski definition) is 2. The molecule has 9 heteroatoms. The van der Waals surface area contributed by atoms with E-state index in [-0.39, 0.29) is 5.69 Å². The van der Waals surface area contributed by atoms with Gasteiger partial charge in [0.25, 0.3) is 0 Å². The minimum atomic E-state index is -1.88. The molecule has 0 fully saturated rings. The third-order valence-electron chi connectivity index (χ3n) is 1.63. The first-order chi connectivity index (χ1) is 7.43. The molecule has 2 N–H and O–H groups in total. The van der Waals surface area contributed by atoms with Crippen molar-refractivity contribution in [2.24, 2.45) is 0 Å². The Labute approximate surface area is 87.5 Å². The van der Waals surface area contributed by atoms with E-state index in [4.69, 9.17) is 10.2 Å². The molecule has 0 aliphatic rings. The van der Waals surface area contributed by atoms with E-state index >= 15 is 0 Å². The van der Waals surface area contributed by atoms with Crippen LogP contribution in [0.2, 0.25) is 0 Å². The average Bonchev–Trinajstić information content (AvgIpc) is 2.17. The molecule has 0 unspecified atom stereocenters. The van der Waals surface area contributed by atoms with E-state index in [2.05, 4.69) is 9.97 Å². The van der Waals surface area contributed by atoms with Crippen molar-refractivity contribution in [2.75, 3.05) is 0 Å². The van der Waals surface area contributed by atoms with Crippen LogP contribution in [0, 0.1) is 10.1 Å². The van der Waals surface area contributed by atoms with Crippen LogP contribution in [0.4, 0.5) is 5.82 Å². The fraction of sp³-hybridized carbons (Fsp3) is 0.143. The number of hydrogen-bond acceptors (Lipinski definition) is 6. The van der Waals surface area contributed by atoms with Crippen LogP contribution >= 0.6 is 0 Å². The van der Waals surface area contributed by atoms with Gasteiger partial charge in [-0.25, -0.2) is 4.98 Å². The summed E-state index contributed by atoms with van der Waals surface area (Å²) < 4.78 is 0. The highest BCUT2D eigenvalue weighted by Gasteiger charge is 2.31. The lowest BCUT2D eigenvalue weighted by Gasteiger charge is -2.03. The number of nitro groups is 1. The second-order valence-corrected chi connectivity index (χ2v) is 2.67. The molecular formula is C7H5N3O6. The Morgan fingerprint density at radius 3 is 2.12 bits per heavy atom. The van der Waals surface area contributed by atoms with Crippen LogP contribution in [0.3, 0.4) is 0 Å². The highest BCUT2D eigenvalue weighted by molar-refractivity contribution is 5.98. The fourth-order valence-electron chi connectivity index (χ4n) is 0.933. The summed E-state index contributed by atoms with van der Waals surface area (Å²) >= 11 is 0. The third kappa shape index (κ3) is 2.26. The Balaban J connectivity index is 3.08. The van der Waals surface area contributed by atoms with Gasteiger partial charge in [-0.15, -0.1) is 0 Å². The first kappa shape index (κ1) is 11.5. The first-order valence-electron chi connectivity index (χ1n) is 3.85. The molecule has 0 spiro atoms. The van der Waals surface area contributed by atoms with Crippen molar-refractivity contribution >= 4 is 17.8 Å². The van der Waals surface area contributed by atoms with Crippen LogP contribution in [-0.4, -0.2) is 37.0 Å². The Morgan fingerprint density at radius 2 is 1.81 bits per heavy atom. The summed E-state index contributed by atoms with van der Waals surface area (Å²) in [6.45, 7) is 0. The maximum Gasteiger partial charge on any atom is 0.381 e. The lowest BCUT2D eigenvalue weighted by atomic mass is 10.1. The highest BCUT2D eigenvalue weighted by Crippen LogP contribution is 2.14. The van der Waals surface area contributed by atoms with E-state index in [1.54, 1.807) is 0 Å². The Bertz CT molecular complexity index is 428. The molecule has 0 radical (unpaired) electrons. The molecule has 9 nitrogen and oxygen atoms in total. The molecule has 1 aromatic rings. The first-order valence-corrected chi connectivity index (χ1v) is 3.85. The van der Waals surface area contributed by atoms with Gasteiger partial charge in [-0.3, -0.25) is 9.59 Å². The minimum Gasteiger partial charge on any atom is -0.480 e. The smallest absolute Gasteiger partial charge is 0.381 e. The monoisotopic (exact) mass is 227 g/mol. The molecule has 0 aliphatic carbocycles. The molecule has 1 heterocycles. The highest BCUT2D eigenvalue weighted by atomic mass is 16.6. The van der Waals surface area contributed by atoms with Gasteiger partial charge in [0, 0.05) is 0 Å². The van der Waals surface area contributed by atoms with E-state index in [0.29, 0.717) is 6.20 Å². The molecule has 0 atom stereocenters. The predicted molar refractivity (Wildman–Crippen MR) is 46.7 cm³/mol. The zero-order valence-electron chi connectivity index (χ0n) is 7.60. The van der Waals surface area contributed by atoms with Crippen molar-refractivity contribution in [2.45, 2.75) is 5.92 Å². The van der Waals surface area contributed by atoms with Gasteiger partial charge in [-0.2, -0.15) is 0 Å². The molecule has 16 heavy (non-hydrogen) atoms. The van der Waals surface area contributed by atoms with Crippen molar-refractivity contribution < 1.29 is 24.7 Å². The standard InChI is InChI=1S/C7H5N3O6/c11-6(12)5(7(13)14)3-1-9-4(2-8-3)10(15)16/h1-2,5H,(H,11,12)(H,13,14). The number of aromatic nitrogens is 2. The largest absolute Gasteiger partial charge is 0.480 e. The molecule has 0 amide bonds. The summed E-state index contributed by atoms with van der Waals surface area (Å²) in [6, 6.07) is 0. The lowest BCUT2D eigenvalue weighted by Crippen LogP contribution is -2.22. The van der Waals surface area contributed by atoms with Crippen LogP contribution < -0.4 is 0 Å². The zero-order chi connectivity index (χ0) is 12.3. The number of aliphatic carboxylic acids is 2. The van der Waals surface area contributed by atoms with Gasteiger partial charge in [-0.1, -0.05) is 0 Å². The predicted octanol–water partition coefficient (Wildman–Crippen LogP) is -0.362. The molecule has 84 valence electrons. The normalized spacial score (nSPS) is 10.1. The van der Waals surface area contributed by atoms with Gasteiger partial charge in [0.15, 0.2) is 12.1 Å². The van der Waals surface area contributed by atoms with Gasteiger partial charge >= 0.3 is 17.8 Å². The van der Waals surface area contributed by atoms with Crippen LogP contribution in [0.5, 0.6) is 0 Å². The molecule has 0 aliphatic heterocycles. The molecule has 0 bridgehead atoms. The second-order valence-electron chi connectivity index (χ2n) is 2.67. The van der Waals surface area contributed by atoms with E-state index in [1.165, 1.54) is 0 Å². The zero-order valence-corrected chi connectivity index (χ0v) is 7.60. The van der Waals surface area contributed by atoms with Crippen molar-refractivity contribution in [3.63, 3.8) is 0 Å². The van der Waals surface area contributed by atoms with Gasteiger partial charge in [0.2, 0.25) is 0 Å². The summed E-state index contributed by atoms with van der Waals surface area (Å²) in [4.78, 5) is 37.2. The van der Waals surface area contributed by atoms with Crippen molar-refractivity contribution in [1.82, 2.24) is 9.97 Å². The van der Waals surface area contributed by atoms with Gasteiger partial charge < -0.3 is 20.3 Å². The van der Waals surface area contributed by atoms with Crippen molar-refractivity contribution in [3.8, 4) is 0 Å². The fourth-order valence-corrected chi connectivity index (χ4v) is 0.933. The second kappa shape index (κ2) is 4.29. The Morgan fingerprint density at radius 1 is 1.25 bits per heavy atom. The topological polar surface area (TPSA) is 144 Å². The molecule has 1 rings (SSSR count). The number of carboxylic acid groups (broad SMARTS) is 2. The maximum atomic E-state index is 10.6. The van der Waals surface area contributed by atoms with Gasteiger partial charge in [0.1, 0.15) is 11.9 Å². The number of rotatable bonds is 4. The summed E-state index contributed by atoms with van der Waals surface area (Å²) in [7, 11) is 0. The van der Waals surface area contributed by atoms with Crippen LogP contribution in [0.25, 0.3) is 0 Å². The van der Waals surface area contributed by atoms with Crippen LogP contribution in [-0.2, 0) is 9.59 Å². The number of nitrogens with zero attached hydrogens (tertiary/aromatic N) is 3. The number of carbonyl (C=O) groups is 2. The summed E-state index contributed by atoms with van der Waals surface area (Å²) in [5, 5.41) is 27.4. The summed E-state index contributed by atoms with van der Waals surface area (Å²) in [5.41, 5.74) is -0.370. The Kier molecular flexibility index (Phi) is 3.09. The van der Waals surface area contributed by atoms with E-state index in [1.807, 2.05) is 0 Å². The SMILES string of the molecule is O=C(O)C(C(=O)O)c1cnc([N+](=O)[O-])cn1. The van der Waals surface area contributed by atoms with Crippen molar-refractivity contribution in [3.05, 3.63) is 28.2 Å². The average molecular weight is 227 g/mol. The minimum absolute atomic E-state index is 0.370. The maximum absolute atomic E-state index is 10.6. The van der Waals surface area contributed by atoms with E-state index in [9.17, 15) is 19.7 Å². The molecule has 0 saturated heterocycles. The lowest BCUT2D eigenvalue weighted by molar-refractivity contribution is -0.389. The number of carboxylic acids is 2. The molecule has 0 aromatic carbocycles. The third-order valence-corrected chi connectivity index (χ3v) is 1.63. The quantitative estimate of drug-likeness (QED) is 0.403. The molecular weight excluding hydrogens is 222 g/mol. The molecule has 1 aromatic heterocycles. The van der Waals surface area contributed by atoms with Gasteiger partial charge in [0.05, 0.1) is 0 Å². The van der Waals surface area contributed by atoms with Crippen LogP contribution in [0.1, 0.15) is 11.6 Å². The molecule has 0 saturated carbocycles. The van der Waals surface area contributed by atoms with E-state index in [0.717, 1.165) is 6.20 Å². The Hall–Kier alpha value is -2.58. The summed E-state index contributed by atoms with van der Waals surface area (Å²) in [6.07, 6.45) is 1.46. The summed E-state index contributed by atoms with van der Waals surface area (Å²) in [5.74, 6) is -5.70. The van der Waals surface area contributed by atoms with Crippen LogP contribution in [0.15, 0.2) is 12.4 Å². The van der Waals surface area contributed by atoms with Crippen molar-refractivity contribution in [1.29, 1.82) is 0 Å².